The molecule has 167 valence electrons. The summed E-state index contributed by atoms with van der Waals surface area (Å²) in [5.41, 5.74) is 0. The molecule has 0 aromatic heterocycles. The van der Waals surface area contributed by atoms with Gasteiger partial charge >= 0.3 is 194 Å². The van der Waals surface area contributed by atoms with E-state index in [1.54, 1.807) is 0 Å². The Bertz CT molecular complexity index is 856. The van der Waals surface area contributed by atoms with E-state index in [9.17, 15) is 0 Å². The van der Waals surface area contributed by atoms with Crippen LogP contribution in [0.2, 0.25) is 4.89 Å². The maximum atomic E-state index is 3.50. The van der Waals surface area contributed by atoms with Crippen LogP contribution in [0.5, 0.6) is 0 Å². The van der Waals surface area contributed by atoms with E-state index in [1.165, 1.54) is 21.2 Å². The van der Waals surface area contributed by atoms with E-state index in [0.717, 1.165) is 11.3 Å². The van der Waals surface area contributed by atoms with Crippen molar-refractivity contribution in [1.82, 2.24) is 0 Å². The van der Waals surface area contributed by atoms with Crippen LogP contribution < -0.4 is 46.0 Å². The average molecular weight is 589 g/mol. The van der Waals surface area contributed by atoms with Gasteiger partial charge in [-0.05, 0) is 0 Å². The summed E-state index contributed by atoms with van der Waals surface area (Å²) in [4.78, 5) is 1.05. The molecule has 4 aromatic rings. The molecule has 0 spiro atoms. The van der Waals surface area contributed by atoms with Crippen molar-refractivity contribution >= 4 is 37.1 Å². The Morgan fingerprint density at radius 2 is 0.719 bits per heavy atom. The molecule has 0 atom stereocenters. The molecular formula is C27H25Cl2P2Pd. The maximum absolute atomic E-state index is 3.50. The normalized spacial score (nSPS) is 10.6. The van der Waals surface area contributed by atoms with Gasteiger partial charge in [0.15, 0.2) is 0 Å². The second kappa shape index (κ2) is 14.3. The molecule has 0 fully saturated rings. The van der Waals surface area contributed by atoms with Gasteiger partial charge in [0.05, 0.1) is 0 Å². The number of benzene rings is 4. The van der Waals surface area contributed by atoms with Crippen molar-refractivity contribution in [3.63, 3.8) is 0 Å². The van der Waals surface area contributed by atoms with Crippen LogP contribution in [0.1, 0.15) is 6.42 Å². The van der Waals surface area contributed by atoms with Gasteiger partial charge in [0.2, 0.25) is 0 Å². The molecule has 0 nitrogen and oxygen atoms in total. The topological polar surface area (TPSA) is 0 Å². The van der Waals surface area contributed by atoms with Crippen LogP contribution in [0.4, 0.5) is 0 Å². The van der Waals surface area contributed by atoms with Gasteiger partial charge in [0.1, 0.15) is 0 Å². The van der Waals surface area contributed by atoms with Crippen LogP contribution in [0.25, 0.3) is 0 Å². The van der Waals surface area contributed by atoms with E-state index in [0.29, 0.717) is 5.40 Å². The van der Waals surface area contributed by atoms with Gasteiger partial charge in [-0.25, -0.2) is 0 Å². The zero-order valence-corrected chi connectivity index (χ0v) is 22.4. The Hall–Kier alpha value is -1.02. The molecule has 0 heterocycles. The second-order valence-corrected chi connectivity index (χ2v) is 13.0. The first-order valence-corrected chi connectivity index (χ1v) is 14.1. The SMILES string of the molecule is [Cl-].[Cl-].[Pd+2][CH2]CC(P(c1ccccc1)c1ccccc1)P(c1ccccc1)c1ccccc1. The molecule has 4 rings (SSSR count). The van der Waals surface area contributed by atoms with E-state index >= 15 is 0 Å². The average Bonchev–Trinajstić information content (AvgIpc) is 2.82. The Morgan fingerprint density at radius 1 is 0.469 bits per heavy atom. The number of rotatable bonds is 8. The van der Waals surface area contributed by atoms with Gasteiger partial charge in [-0.15, -0.1) is 0 Å². The molecule has 32 heavy (non-hydrogen) atoms. The number of halogens is 2. The van der Waals surface area contributed by atoms with Crippen molar-refractivity contribution in [2.75, 3.05) is 0 Å². The van der Waals surface area contributed by atoms with Crippen LogP contribution in [-0.2, 0) is 19.2 Å². The van der Waals surface area contributed by atoms with Crippen LogP contribution in [-0.4, -0.2) is 5.40 Å². The monoisotopic (exact) mass is 587 g/mol. The summed E-state index contributed by atoms with van der Waals surface area (Å²) in [6, 6.07) is 44.6. The molecule has 5 heteroatoms. The zero-order chi connectivity index (χ0) is 20.6. The standard InChI is InChI=1S/C27H25P2.2ClH.Pd/c1-2-27(28(23-15-7-3-8-16-23)24-17-9-4-10-18-24)29(25-19-11-5-12-20-25)26-21-13-6-14-22-26;;;/h3-22,27H,1-2H2;2*1H;/q;;;+2/p-2. The minimum absolute atomic E-state index is 0. The van der Waals surface area contributed by atoms with Crippen molar-refractivity contribution in [2.24, 2.45) is 0 Å². The van der Waals surface area contributed by atoms with E-state index in [2.05, 4.69) is 141 Å². The molecule has 0 bridgehead atoms. The fraction of sp³-hybridized carbons (Fsp3) is 0.111. The van der Waals surface area contributed by atoms with Crippen LogP contribution in [0.3, 0.4) is 0 Å². The van der Waals surface area contributed by atoms with E-state index < -0.39 is 15.8 Å². The van der Waals surface area contributed by atoms with Gasteiger partial charge in [0.25, 0.3) is 0 Å². The van der Waals surface area contributed by atoms with Gasteiger partial charge in [-0.2, -0.15) is 0 Å². The zero-order valence-electron chi connectivity index (χ0n) is 17.5. The van der Waals surface area contributed by atoms with E-state index in [1.807, 2.05) is 0 Å². The van der Waals surface area contributed by atoms with Crippen LogP contribution in [0.15, 0.2) is 121 Å². The Balaban J connectivity index is 0.00000181. The van der Waals surface area contributed by atoms with Crippen molar-refractivity contribution in [3.8, 4) is 0 Å². The van der Waals surface area contributed by atoms with Gasteiger partial charge in [-0.3, -0.25) is 0 Å². The van der Waals surface area contributed by atoms with Crippen molar-refractivity contribution < 1.29 is 44.0 Å². The summed E-state index contributed by atoms with van der Waals surface area (Å²) in [5, 5.41) is 6.42. The molecule has 0 amide bonds. The molecule has 0 aliphatic carbocycles. The molecule has 4 aromatic carbocycles. The van der Waals surface area contributed by atoms with Crippen LogP contribution >= 0.6 is 15.8 Å². The van der Waals surface area contributed by atoms with Crippen molar-refractivity contribution in [3.05, 3.63) is 121 Å². The van der Waals surface area contributed by atoms with Gasteiger partial charge in [0, 0.05) is 0 Å². The predicted molar refractivity (Wildman–Crippen MR) is 131 cm³/mol. The molecule has 0 aliphatic rings. The molecular weight excluding hydrogens is 564 g/mol. The Labute approximate surface area is 218 Å². The first-order chi connectivity index (χ1) is 14.9. The second-order valence-electron chi connectivity index (χ2n) is 7.01. The summed E-state index contributed by atoms with van der Waals surface area (Å²) in [6.07, 6.45) is 1.16. The molecule has 0 unspecified atom stereocenters. The summed E-state index contributed by atoms with van der Waals surface area (Å²) < 4.78 is 0. The number of hydrogen-bond donors (Lipinski definition) is 0. The fourth-order valence-electron chi connectivity index (χ4n) is 3.80. The molecule has 0 saturated carbocycles. The minimum atomic E-state index is -0.502. The summed E-state index contributed by atoms with van der Waals surface area (Å²) >= 11 is 3.50. The van der Waals surface area contributed by atoms with E-state index in [4.69, 9.17) is 0 Å². The third kappa shape index (κ3) is 6.75. The van der Waals surface area contributed by atoms with Crippen LogP contribution in [0, 0.1) is 0 Å². The van der Waals surface area contributed by atoms with Gasteiger partial charge in [-0.1, -0.05) is 0 Å². The first kappa shape index (κ1) is 27.2. The molecule has 0 aliphatic heterocycles. The Morgan fingerprint density at radius 3 is 0.938 bits per heavy atom. The van der Waals surface area contributed by atoms with E-state index in [-0.39, 0.29) is 24.8 Å². The third-order valence-electron chi connectivity index (χ3n) is 5.08. The third-order valence-corrected chi connectivity index (χ3v) is 12.0. The predicted octanol–water partition coefficient (Wildman–Crippen LogP) is -0.0585. The summed E-state index contributed by atoms with van der Waals surface area (Å²) in [7, 11) is -1.00. The molecule has 0 saturated heterocycles. The summed E-state index contributed by atoms with van der Waals surface area (Å²) in [6.45, 7) is 0. The molecule has 0 N–H and O–H groups in total. The Kier molecular flexibility index (Phi) is 12.2. The quantitative estimate of drug-likeness (QED) is 0.200. The van der Waals surface area contributed by atoms with Crippen molar-refractivity contribution in [2.45, 2.75) is 16.7 Å². The summed E-state index contributed by atoms with van der Waals surface area (Å²) in [5.74, 6) is 0. The fourth-order valence-corrected chi connectivity index (χ4v) is 12.2. The number of hydrogen-bond acceptors (Lipinski definition) is 0. The van der Waals surface area contributed by atoms with Crippen molar-refractivity contribution in [1.29, 1.82) is 0 Å². The molecule has 0 radical (unpaired) electrons. The van der Waals surface area contributed by atoms with Gasteiger partial charge < -0.3 is 24.8 Å². The first-order valence-electron chi connectivity index (χ1n) is 10.2.